The molecule has 2 aliphatic heterocycles. The van der Waals surface area contributed by atoms with Gasteiger partial charge in [0.25, 0.3) is 0 Å². The SMILES string of the molecule is O=C(O)CC1CC2CCC(C1)N2Cc1ccc(F)c(F)c1. The highest BCUT2D eigenvalue weighted by Gasteiger charge is 2.40. The maximum absolute atomic E-state index is 13.3. The summed E-state index contributed by atoms with van der Waals surface area (Å²) in [6.07, 6.45) is 4.18. The van der Waals surface area contributed by atoms with Crippen LogP contribution in [0.2, 0.25) is 0 Å². The number of benzene rings is 1. The molecule has 2 unspecified atom stereocenters. The molecule has 21 heavy (non-hydrogen) atoms. The number of hydrogen-bond acceptors (Lipinski definition) is 2. The molecule has 114 valence electrons. The summed E-state index contributed by atoms with van der Waals surface area (Å²) in [5, 5.41) is 8.93. The van der Waals surface area contributed by atoms with Gasteiger partial charge in [-0.1, -0.05) is 6.07 Å². The number of aliphatic carboxylic acids is 1. The van der Waals surface area contributed by atoms with E-state index in [0.717, 1.165) is 31.2 Å². The van der Waals surface area contributed by atoms with Crippen molar-refractivity contribution in [1.82, 2.24) is 4.90 Å². The number of hydrogen-bond donors (Lipinski definition) is 1. The number of carboxylic acid groups (broad SMARTS) is 1. The smallest absolute Gasteiger partial charge is 0.303 e. The zero-order valence-electron chi connectivity index (χ0n) is 11.8. The Bertz CT molecular complexity index is 535. The topological polar surface area (TPSA) is 40.5 Å². The third kappa shape index (κ3) is 3.07. The van der Waals surface area contributed by atoms with Gasteiger partial charge in [0.05, 0.1) is 0 Å². The van der Waals surface area contributed by atoms with Gasteiger partial charge < -0.3 is 5.11 Å². The fourth-order valence-corrected chi connectivity index (χ4v) is 3.91. The second-order valence-corrected chi connectivity index (χ2v) is 6.24. The van der Waals surface area contributed by atoms with Crippen molar-refractivity contribution in [3.05, 3.63) is 35.4 Å². The van der Waals surface area contributed by atoms with Gasteiger partial charge in [0.15, 0.2) is 11.6 Å². The maximum atomic E-state index is 13.3. The zero-order valence-corrected chi connectivity index (χ0v) is 11.8. The van der Waals surface area contributed by atoms with E-state index in [1.807, 2.05) is 0 Å². The van der Waals surface area contributed by atoms with Crippen LogP contribution in [-0.2, 0) is 11.3 Å². The molecule has 0 radical (unpaired) electrons. The van der Waals surface area contributed by atoms with Gasteiger partial charge in [-0.25, -0.2) is 8.78 Å². The summed E-state index contributed by atoms with van der Waals surface area (Å²) < 4.78 is 26.3. The van der Waals surface area contributed by atoms with E-state index in [2.05, 4.69) is 4.90 Å². The van der Waals surface area contributed by atoms with Gasteiger partial charge >= 0.3 is 5.97 Å². The quantitative estimate of drug-likeness (QED) is 0.927. The predicted molar refractivity (Wildman–Crippen MR) is 73.7 cm³/mol. The highest BCUT2D eigenvalue weighted by Crippen LogP contribution is 2.40. The van der Waals surface area contributed by atoms with Crippen LogP contribution in [-0.4, -0.2) is 28.1 Å². The zero-order chi connectivity index (χ0) is 15.0. The van der Waals surface area contributed by atoms with Crippen LogP contribution in [0.5, 0.6) is 0 Å². The van der Waals surface area contributed by atoms with Gasteiger partial charge in [-0.2, -0.15) is 0 Å². The van der Waals surface area contributed by atoms with Crippen LogP contribution >= 0.6 is 0 Å². The monoisotopic (exact) mass is 295 g/mol. The van der Waals surface area contributed by atoms with Crippen molar-refractivity contribution < 1.29 is 18.7 Å². The summed E-state index contributed by atoms with van der Waals surface area (Å²) in [5.41, 5.74) is 0.780. The molecule has 3 rings (SSSR count). The van der Waals surface area contributed by atoms with E-state index in [9.17, 15) is 13.6 Å². The van der Waals surface area contributed by atoms with E-state index < -0.39 is 17.6 Å². The van der Waals surface area contributed by atoms with Gasteiger partial charge in [-0.05, 0) is 49.3 Å². The molecule has 2 saturated heterocycles. The summed E-state index contributed by atoms with van der Waals surface area (Å²) in [4.78, 5) is 13.2. The number of carbonyl (C=O) groups is 1. The van der Waals surface area contributed by atoms with Gasteiger partial charge in [0, 0.05) is 25.0 Å². The Morgan fingerprint density at radius 2 is 1.86 bits per heavy atom. The number of nitrogens with zero attached hydrogens (tertiary/aromatic N) is 1. The third-order valence-corrected chi connectivity index (χ3v) is 4.79. The summed E-state index contributed by atoms with van der Waals surface area (Å²) in [6.45, 7) is 0.617. The molecule has 2 fully saturated rings. The molecule has 1 N–H and O–H groups in total. The van der Waals surface area contributed by atoms with Gasteiger partial charge in [-0.3, -0.25) is 9.69 Å². The molecule has 0 amide bonds. The molecule has 0 spiro atoms. The fourth-order valence-electron chi connectivity index (χ4n) is 3.91. The van der Waals surface area contributed by atoms with Crippen LogP contribution in [0.25, 0.3) is 0 Å². The van der Waals surface area contributed by atoms with E-state index in [1.165, 1.54) is 12.1 Å². The van der Waals surface area contributed by atoms with E-state index in [0.29, 0.717) is 18.6 Å². The van der Waals surface area contributed by atoms with Crippen LogP contribution in [0.15, 0.2) is 18.2 Å². The lowest BCUT2D eigenvalue weighted by atomic mass is 9.88. The van der Waals surface area contributed by atoms with Crippen molar-refractivity contribution in [2.24, 2.45) is 5.92 Å². The largest absolute Gasteiger partial charge is 0.481 e. The van der Waals surface area contributed by atoms with Crippen molar-refractivity contribution in [3.63, 3.8) is 0 Å². The molecular formula is C16H19F2NO2. The Morgan fingerprint density at radius 1 is 1.19 bits per heavy atom. The second-order valence-electron chi connectivity index (χ2n) is 6.24. The standard InChI is InChI=1S/C16H19F2NO2/c17-14-4-1-10(7-15(14)18)9-19-12-2-3-13(19)6-11(5-12)8-16(20)21/h1,4,7,11-13H,2-3,5-6,8-9H2,(H,20,21). The van der Waals surface area contributed by atoms with Crippen LogP contribution in [0.1, 0.15) is 37.7 Å². The molecule has 0 aromatic heterocycles. The van der Waals surface area contributed by atoms with E-state index >= 15 is 0 Å². The molecule has 0 aliphatic carbocycles. The lowest BCUT2D eigenvalue weighted by Gasteiger charge is -2.38. The number of halogens is 2. The molecule has 0 saturated carbocycles. The lowest BCUT2D eigenvalue weighted by Crippen LogP contribution is -2.42. The van der Waals surface area contributed by atoms with Crippen molar-refractivity contribution in [1.29, 1.82) is 0 Å². The number of fused-ring (bicyclic) bond motifs is 2. The maximum Gasteiger partial charge on any atom is 0.303 e. The molecule has 1 aromatic rings. The highest BCUT2D eigenvalue weighted by atomic mass is 19.2. The number of rotatable bonds is 4. The van der Waals surface area contributed by atoms with Crippen LogP contribution in [0.4, 0.5) is 8.78 Å². The summed E-state index contributed by atoms with van der Waals surface area (Å²) in [6, 6.07) is 4.81. The summed E-state index contributed by atoms with van der Waals surface area (Å²) in [5.74, 6) is -2.10. The molecule has 2 aliphatic rings. The predicted octanol–water partition coefficient (Wildman–Crippen LogP) is 3.18. The van der Waals surface area contributed by atoms with Crippen LogP contribution < -0.4 is 0 Å². The molecular weight excluding hydrogens is 276 g/mol. The first-order valence-corrected chi connectivity index (χ1v) is 7.44. The fraction of sp³-hybridized carbons (Fsp3) is 0.562. The molecule has 2 heterocycles. The Hall–Kier alpha value is -1.49. The highest BCUT2D eigenvalue weighted by molar-refractivity contribution is 5.67. The number of carboxylic acids is 1. The van der Waals surface area contributed by atoms with Crippen LogP contribution in [0.3, 0.4) is 0 Å². The van der Waals surface area contributed by atoms with Crippen molar-refractivity contribution in [2.75, 3.05) is 0 Å². The van der Waals surface area contributed by atoms with Gasteiger partial charge in [0.2, 0.25) is 0 Å². The molecule has 2 bridgehead atoms. The van der Waals surface area contributed by atoms with E-state index in [-0.39, 0.29) is 12.3 Å². The van der Waals surface area contributed by atoms with Crippen molar-refractivity contribution in [2.45, 2.75) is 50.7 Å². The van der Waals surface area contributed by atoms with E-state index in [1.54, 1.807) is 6.07 Å². The average molecular weight is 295 g/mol. The molecule has 2 atom stereocenters. The Balaban J connectivity index is 1.67. The first-order valence-electron chi connectivity index (χ1n) is 7.44. The second kappa shape index (κ2) is 5.72. The average Bonchev–Trinajstić information content (AvgIpc) is 2.65. The first kappa shape index (κ1) is 14.4. The minimum Gasteiger partial charge on any atom is -0.481 e. The minimum atomic E-state index is -0.818. The summed E-state index contributed by atoms with van der Waals surface area (Å²) >= 11 is 0. The molecule has 1 aromatic carbocycles. The first-order chi connectivity index (χ1) is 10.0. The van der Waals surface area contributed by atoms with Crippen LogP contribution in [0, 0.1) is 17.6 Å². The molecule has 3 nitrogen and oxygen atoms in total. The van der Waals surface area contributed by atoms with Crippen molar-refractivity contribution in [3.8, 4) is 0 Å². The minimum absolute atomic E-state index is 0.242. The molecule has 5 heteroatoms. The van der Waals surface area contributed by atoms with Gasteiger partial charge in [0.1, 0.15) is 0 Å². The Labute approximate surface area is 122 Å². The Morgan fingerprint density at radius 3 is 2.43 bits per heavy atom. The summed E-state index contributed by atoms with van der Waals surface area (Å²) in [7, 11) is 0. The van der Waals surface area contributed by atoms with E-state index in [4.69, 9.17) is 5.11 Å². The number of piperidine rings is 1. The lowest BCUT2D eigenvalue weighted by molar-refractivity contribution is -0.138. The normalized spacial score (nSPS) is 28.8. The Kier molecular flexibility index (Phi) is 3.93. The van der Waals surface area contributed by atoms with Gasteiger partial charge in [-0.15, -0.1) is 0 Å². The third-order valence-electron chi connectivity index (χ3n) is 4.79. The van der Waals surface area contributed by atoms with Crippen molar-refractivity contribution >= 4 is 5.97 Å².